The van der Waals surface area contributed by atoms with Crippen LogP contribution in [0.3, 0.4) is 0 Å². The number of carboxylic acid groups (broad SMARTS) is 1. The van der Waals surface area contributed by atoms with E-state index < -0.39 is 12.0 Å². The van der Waals surface area contributed by atoms with Crippen LogP contribution in [0.1, 0.15) is 45.8 Å². The zero-order valence-electron chi connectivity index (χ0n) is 13.2. The van der Waals surface area contributed by atoms with Crippen molar-refractivity contribution in [1.82, 2.24) is 19.9 Å². The van der Waals surface area contributed by atoms with Gasteiger partial charge in [-0.25, -0.2) is 9.78 Å². The molecule has 24 heavy (non-hydrogen) atoms. The summed E-state index contributed by atoms with van der Waals surface area (Å²) in [6, 6.07) is 0.981. The Hall–Kier alpha value is -2.70. The molecule has 1 aliphatic heterocycles. The average Bonchev–Trinajstić information content (AvgIpc) is 3.07. The van der Waals surface area contributed by atoms with Crippen molar-refractivity contribution in [2.45, 2.75) is 44.7 Å². The molecule has 7 heteroatoms. The van der Waals surface area contributed by atoms with Crippen molar-refractivity contribution < 1.29 is 14.7 Å². The van der Waals surface area contributed by atoms with Crippen molar-refractivity contribution in [3.05, 3.63) is 46.8 Å². The molecule has 4 rings (SSSR count). The van der Waals surface area contributed by atoms with E-state index in [1.54, 1.807) is 6.20 Å². The average molecular weight is 326 g/mol. The lowest BCUT2D eigenvalue weighted by atomic mass is 9.94. The lowest BCUT2D eigenvalue weighted by molar-refractivity contribution is -0.142. The van der Waals surface area contributed by atoms with Crippen LogP contribution in [0.15, 0.2) is 18.6 Å². The molecule has 0 aromatic carbocycles. The van der Waals surface area contributed by atoms with E-state index in [0.29, 0.717) is 5.56 Å². The van der Waals surface area contributed by atoms with Gasteiger partial charge in [-0.15, -0.1) is 0 Å². The van der Waals surface area contributed by atoms with Crippen LogP contribution in [0, 0.1) is 0 Å². The van der Waals surface area contributed by atoms with Crippen LogP contribution in [0.25, 0.3) is 0 Å². The molecule has 2 aromatic heterocycles. The first-order chi connectivity index (χ1) is 11.6. The number of aromatic nitrogens is 3. The number of nitrogens with zero attached hydrogens (tertiary/aromatic N) is 3. The molecule has 1 amide bonds. The SMILES string of the molecule is O=C(O)[C@H]1Cc2nc[nH]c2CN1C(=O)c1cnc2c(c1)CCCC2. The first-order valence-electron chi connectivity index (χ1n) is 8.16. The second kappa shape index (κ2) is 5.74. The minimum Gasteiger partial charge on any atom is -0.480 e. The topological polar surface area (TPSA) is 99.2 Å². The molecule has 0 unspecified atom stereocenters. The molecule has 0 saturated heterocycles. The number of carbonyl (C=O) groups is 2. The Morgan fingerprint density at radius 1 is 1.21 bits per heavy atom. The summed E-state index contributed by atoms with van der Waals surface area (Å²) in [7, 11) is 0. The fourth-order valence-electron chi connectivity index (χ4n) is 3.54. The van der Waals surface area contributed by atoms with Gasteiger partial charge < -0.3 is 15.0 Å². The zero-order chi connectivity index (χ0) is 16.7. The molecule has 0 saturated carbocycles. The summed E-state index contributed by atoms with van der Waals surface area (Å²) in [5.41, 5.74) is 4.15. The highest BCUT2D eigenvalue weighted by molar-refractivity contribution is 5.96. The second-order valence-electron chi connectivity index (χ2n) is 6.36. The van der Waals surface area contributed by atoms with E-state index in [2.05, 4.69) is 15.0 Å². The van der Waals surface area contributed by atoms with E-state index in [1.165, 1.54) is 11.2 Å². The monoisotopic (exact) mass is 326 g/mol. The minimum atomic E-state index is -1.01. The summed E-state index contributed by atoms with van der Waals surface area (Å²) in [5, 5.41) is 9.51. The maximum atomic E-state index is 12.9. The summed E-state index contributed by atoms with van der Waals surface area (Å²) >= 11 is 0. The molecule has 2 aliphatic rings. The summed E-state index contributed by atoms with van der Waals surface area (Å²) in [5.74, 6) is -1.30. The second-order valence-corrected chi connectivity index (χ2v) is 6.36. The number of aromatic amines is 1. The lowest BCUT2D eigenvalue weighted by Gasteiger charge is -2.32. The maximum Gasteiger partial charge on any atom is 0.326 e. The Morgan fingerprint density at radius 2 is 2.04 bits per heavy atom. The smallest absolute Gasteiger partial charge is 0.326 e. The molecule has 1 atom stereocenters. The van der Waals surface area contributed by atoms with Crippen LogP contribution in [0.4, 0.5) is 0 Å². The third kappa shape index (κ3) is 2.46. The number of carbonyl (C=O) groups excluding carboxylic acids is 1. The largest absolute Gasteiger partial charge is 0.480 e. The highest BCUT2D eigenvalue weighted by Crippen LogP contribution is 2.25. The molecular formula is C17H18N4O3. The highest BCUT2D eigenvalue weighted by Gasteiger charge is 2.36. The van der Waals surface area contributed by atoms with E-state index in [0.717, 1.165) is 48.3 Å². The van der Waals surface area contributed by atoms with Gasteiger partial charge in [-0.1, -0.05) is 0 Å². The highest BCUT2D eigenvalue weighted by atomic mass is 16.4. The number of hydrogen-bond donors (Lipinski definition) is 2. The Morgan fingerprint density at radius 3 is 2.88 bits per heavy atom. The molecule has 2 N–H and O–H groups in total. The van der Waals surface area contributed by atoms with Crippen LogP contribution in [0.5, 0.6) is 0 Å². The number of imidazole rings is 1. The molecule has 2 aromatic rings. The van der Waals surface area contributed by atoms with Crippen molar-refractivity contribution in [2.75, 3.05) is 0 Å². The number of aryl methyl sites for hydroxylation is 2. The fourth-order valence-corrected chi connectivity index (χ4v) is 3.54. The summed E-state index contributed by atoms with van der Waals surface area (Å²) < 4.78 is 0. The van der Waals surface area contributed by atoms with E-state index >= 15 is 0 Å². The normalized spacial score (nSPS) is 19.5. The Kier molecular flexibility index (Phi) is 3.55. The third-order valence-electron chi connectivity index (χ3n) is 4.86. The van der Waals surface area contributed by atoms with Crippen molar-refractivity contribution in [1.29, 1.82) is 0 Å². The van der Waals surface area contributed by atoms with Gasteiger partial charge in [0.05, 0.1) is 29.8 Å². The number of aliphatic carboxylic acids is 1. The van der Waals surface area contributed by atoms with Crippen LogP contribution in [0.2, 0.25) is 0 Å². The fraction of sp³-hybridized carbons (Fsp3) is 0.412. The van der Waals surface area contributed by atoms with Crippen LogP contribution in [-0.2, 0) is 30.6 Å². The van der Waals surface area contributed by atoms with E-state index in [4.69, 9.17) is 0 Å². The Balaban J connectivity index is 1.66. The van der Waals surface area contributed by atoms with Gasteiger partial charge in [-0.2, -0.15) is 0 Å². The van der Waals surface area contributed by atoms with Crippen LogP contribution >= 0.6 is 0 Å². The van der Waals surface area contributed by atoms with E-state index in [-0.39, 0.29) is 18.9 Å². The van der Waals surface area contributed by atoms with Crippen molar-refractivity contribution in [2.24, 2.45) is 0 Å². The van der Waals surface area contributed by atoms with E-state index in [1.807, 2.05) is 6.07 Å². The molecule has 0 radical (unpaired) electrons. The molecule has 0 fully saturated rings. The minimum absolute atomic E-state index is 0.221. The first kappa shape index (κ1) is 14.9. The van der Waals surface area contributed by atoms with E-state index in [9.17, 15) is 14.7 Å². The van der Waals surface area contributed by atoms with Gasteiger partial charge in [0.15, 0.2) is 0 Å². The van der Waals surface area contributed by atoms with Gasteiger partial charge in [-0.3, -0.25) is 9.78 Å². The summed E-state index contributed by atoms with van der Waals surface area (Å²) in [4.78, 5) is 37.5. The van der Waals surface area contributed by atoms with Gasteiger partial charge in [-0.05, 0) is 37.3 Å². The quantitative estimate of drug-likeness (QED) is 0.867. The van der Waals surface area contributed by atoms with Crippen LogP contribution in [-0.4, -0.2) is 42.9 Å². The van der Waals surface area contributed by atoms with Crippen molar-refractivity contribution >= 4 is 11.9 Å². The number of rotatable bonds is 2. The molecule has 0 bridgehead atoms. The standard InChI is InChI=1S/C17H18N4O3/c22-16(11-5-10-3-1-2-4-12(10)18-7-11)21-8-14-13(19-9-20-14)6-15(21)17(23)24/h5,7,9,15H,1-4,6,8H2,(H,19,20)(H,23,24)/t15-/m1/s1. The van der Waals surface area contributed by atoms with Gasteiger partial charge in [0, 0.05) is 18.3 Å². The summed E-state index contributed by atoms with van der Waals surface area (Å²) in [6.07, 6.45) is 7.44. The maximum absolute atomic E-state index is 12.9. The van der Waals surface area contributed by atoms with Gasteiger partial charge in [0.25, 0.3) is 5.91 Å². The number of amides is 1. The molecule has 124 valence electrons. The number of carboxylic acids is 1. The van der Waals surface area contributed by atoms with Crippen LogP contribution < -0.4 is 0 Å². The summed E-state index contributed by atoms with van der Waals surface area (Å²) in [6.45, 7) is 0.224. The number of fused-ring (bicyclic) bond motifs is 2. The number of nitrogens with one attached hydrogen (secondary N) is 1. The first-order valence-corrected chi connectivity index (χ1v) is 8.16. The molecule has 7 nitrogen and oxygen atoms in total. The van der Waals surface area contributed by atoms with Crippen molar-refractivity contribution in [3.8, 4) is 0 Å². The van der Waals surface area contributed by atoms with Crippen molar-refractivity contribution in [3.63, 3.8) is 0 Å². The number of hydrogen-bond acceptors (Lipinski definition) is 4. The van der Waals surface area contributed by atoms with Gasteiger partial charge in [0.1, 0.15) is 6.04 Å². The zero-order valence-corrected chi connectivity index (χ0v) is 13.2. The third-order valence-corrected chi connectivity index (χ3v) is 4.86. The Bertz CT molecular complexity index is 814. The van der Waals surface area contributed by atoms with Gasteiger partial charge >= 0.3 is 5.97 Å². The Labute approximate surface area is 138 Å². The molecular weight excluding hydrogens is 308 g/mol. The predicted octanol–water partition coefficient (Wildman–Crippen LogP) is 1.34. The predicted molar refractivity (Wildman–Crippen MR) is 84.5 cm³/mol. The number of H-pyrrole nitrogens is 1. The number of pyridine rings is 1. The molecule has 3 heterocycles. The molecule has 0 spiro atoms. The lowest BCUT2D eigenvalue weighted by Crippen LogP contribution is -2.48. The molecule has 1 aliphatic carbocycles. The van der Waals surface area contributed by atoms with Gasteiger partial charge in [0.2, 0.25) is 0 Å².